The van der Waals surface area contributed by atoms with Gasteiger partial charge in [0, 0.05) is 52.3 Å². The predicted molar refractivity (Wildman–Crippen MR) is 158 cm³/mol. The molecule has 216 valence electrons. The molecule has 4 heterocycles. The van der Waals surface area contributed by atoms with E-state index < -0.39 is 0 Å². The van der Waals surface area contributed by atoms with Crippen LogP contribution in [0.5, 0.6) is 0 Å². The van der Waals surface area contributed by atoms with Crippen LogP contribution in [0.15, 0.2) is 35.7 Å². The third kappa shape index (κ3) is 5.69. The van der Waals surface area contributed by atoms with Crippen molar-refractivity contribution in [2.45, 2.75) is 85.2 Å². The number of carbonyl (C=O) groups is 1. The molecule has 1 aliphatic carbocycles. The molecular formula is C30H41ClN6O2S. The maximum absolute atomic E-state index is 12.5. The molecule has 10 heteroatoms. The maximum Gasteiger partial charge on any atom is 0.246 e. The fraction of sp³-hybridized carbons (Fsp3) is 0.667. The van der Waals surface area contributed by atoms with Gasteiger partial charge in [0.2, 0.25) is 5.91 Å². The van der Waals surface area contributed by atoms with Gasteiger partial charge in [-0.1, -0.05) is 24.2 Å². The number of halogens is 1. The number of nitrogens with zero attached hydrogens (tertiary/aromatic N) is 4. The minimum absolute atomic E-state index is 0.0875. The summed E-state index contributed by atoms with van der Waals surface area (Å²) >= 11 is 8.37. The van der Waals surface area contributed by atoms with E-state index in [-0.39, 0.29) is 29.2 Å². The van der Waals surface area contributed by atoms with Crippen molar-refractivity contribution in [3.8, 4) is 6.07 Å². The molecule has 40 heavy (non-hydrogen) atoms. The number of thioether (sulfide) groups is 1. The lowest BCUT2D eigenvalue weighted by atomic mass is 9.73. The van der Waals surface area contributed by atoms with Gasteiger partial charge in [0.05, 0.1) is 31.3 Å². The molecule has 0 bridgehead atoms. The van der Waals surface area contributed by atoms with Gasteiger partial charge in [-0.15, -0.1) is 11.8 Å². The highest BCUT2D eigenvalue weighted by atomic mass is 35.5. The third-order valence-corrected chi connectivity index (χ3v) is 11.6. The number of rotatable bonds is 6. The second-order valence-electron chi connectivity index (χ2n) is 12.2. The van der Waals surface area contributed by atoms with Crippen LogP contribution in [-0.4, -0.2) is 95.8 Å². The van der Waals surface area contributed by atoms with Gasteiger partial charge < -0.3 is 14.5 Å². The minimum atomic E-state index is -0.235. The lowest BCUT2D eigenvalue weighted by Gasteiger charge is -2.55. The van der Waals surface area contributed by atoms with Crippen LogP contribution in [0.3, 0.4) is 0 Å². The Morgan fingerprint density at radius 1 is 1.30 bits per heavy atom. The lowest BCUT2D eigenvalue weighted by molar-refractivity contribution is -0.135. The van der Waals surface area contributed by atoms with Crippen LogP contribution >= 0.6 is 23.4 Å². The van der Waals surface area contributed by atoms with Crippen molar-refractivity contribution in [3.05, 3.63) is 41.4 Å². The molecule has 1 aromatic carbocycles. The van der Waals surface area contributed by atoms with Crippen LogP contribution in [0.25, 0.3) is 0 Å². The number of hydrogen-bond acceptors (Lipinski definition) is 8. The third-order valence-electron chi connectivity index (χ3n) is 9.82. The number of piperazine rings is 1. The van der Waals surface area contributed by atoms with E-state index in [9.17, 15) is 10.1 Å². The average Bonchev–Trinajstić information content (AvgIpc) is 3.52. The monoisotopic (exact) mass is 584 g/mol. The molecule has 6 unspecified atom stereocenters. The Balaban J connectivity index is 1.20. The number of amides is 1. The second-order valence-corrected chi connectivity index (χ2v) is 14.2. The van der Waals surface area contributed by atoms with Crippen molar-refractivity contribution < 1.29 is 9.53 Å². The molecule has 3 saturated heterocycles. The van der Waals surface area contributed by atoms with Crippen molar-refractivity contribution >= 4 is 29.3 Å². The van der Waals surface area contributed by atoms with Gasteiger partial charge in [0.15, 0.2) is 6.35 Å². The van der Waals surface area contributed by atoms with Crippen LogP contribution in [0.1, 0.15) is 44.1 Å². The fourth-order valence-electron chi connectivity index (χ4n) is 7.69. The Morgan fingerprint density at radius 2 is 2.17 bits per heavy atom. The highest BCUT2D eigenvalue weighted by Crippen LogP contribution is 2.54. The number of likely N-dealkylation sites (tertiary alicyclic amines) is 1. The van der Waals surface area contributed by atoms with E-state index in [0.29, 0.717) is 44.1 Å². The normalized spacial score (nSPS) is 36.3. The van der Waals surface area contributed by atoms with E-state index in [2.05, 4.69) is 52.3 Å². The zero-order chi connectivity index (χ0) is 27.9. The van der Waals surface area contributed by atoms with Crippen molar-refractivity contribution in [2.75, 3.05) is 39.8 Å². The number of benzene rings is 1. The van der Waals surface area contributed by atoms with Crippen LogP contribution in [-0.2, 0) is 16.0 Å². The van der Waals surface area contributed by atoms with Crippen LogP contribution in [0.2, 0.25) is 5.02 Å². The van der Waals surface area contributed by atoms with Gasteiger partial charge >= 0.3 is 0 Å². The fourth-order valence-corrected chi connectivity index (χ4v) is 9.57. The molecule has 5 aliphatic rings. The zero-order valence-electron chi connectivity index (χ0n) is 23.4. The van der Waals surface area contributed by atoms with Gasteiger partial charge in [-0.3, -0.25) is 20.3 Å². The summed E-state index contributed by atoms with van der Waals surface area (Å²) in [6.45, 7) is 7.56. The van der Waals surface area contributed by atoms with E-state index in [1.54, 1.807) is 0 Å². The molecular weight excluding hydrogens is 544 g/mol. The molecule has 2 N–H and O–H groups in total. The molecule has 1 aromatic rings. The number of nitriles is 1. The first-order valence-electron chi connectivity index (χ1n) is 14.7. The smallest absolute Gasteiger partial charge is 0.246 e. The average molecular weight is 585 g/mol. The number of fused-ring (bicyclic) bond motifs is 2. The molecule has 1 spiro atoms. The number of hydrogen-bond donors (Lipinski definition) is 2. The summed E-state index contributed by atoms with van der Waals surface area (Å²) in [5.41, 5.74) is 1.41. The largest absolute Gasteiger partial charge is 0.348 e. The van der Waals surface area contributed by atoms with Crippen LogP contribution in [0.4, 0.5) is 0 Å². The van der Waals surface area contributed by atoms with Crippen LogP contribution < -0.4 is 10.6 Å². The van der Waals surface area contributed by atoms with Crippen molar-refractivity contribution in [3.63, 3.8) is 0 Å². The first kappa shape index (κ1) is 28.5. The highest BCUT2D eigenvalue weighted by molar-refractivity contribution is 8.01. The van der Waals surface area contributed by atoms with E-state index in [1.165, 1.54) is 29.4 Å². The van der Waals surface area contributed by atoms with Gasteiger partial charge in [-0.05, 0) is 75.9 Å². The van der Waals surface area contributed by atoms with Gasteiger partial charge in [0.25, 0.3) is 0 Å². The van der Waals surface area contributed by atoms with Gasteiger partial charge in [-0.25, -0.2) is 0 Å². The highest BCUT2D eigenvalue weighted by Gasteiger charge is 2.51. The molecule has 0 aromatic heterocycles. The van der Waals surface area contributed by atoms with E-state index in [4.69, 9.17) is 16.3 Å². The quantitative estimate of drug-likeness (QED) is 0.492. The summed E-state index contributed by atoms with van der Waals surface area (Å²) in [5, 5.41) is 18.0. The molecule has 0 radical (unpaired) electrons. The Morgan fingerprint density at radius 3 is 2.95 bits per heavy atom. The summed E-state index contributed by atoms with van der Waals surface area (Å²) in [6.07, 6.45) is 8.40. The Hall–Kier alpha value is -1.64. The maximum atomic E-state index is 12.5. The molecule has 6 rings (SSSR count). The number of nitrogens with one attached hydrogen (secondary N) is 2. The Labute approximate surface area is 247 Å². The van der Waals surface area contributed by atoms with Crippen LogP contribution in [0, 0.1) is 17.2 Å². The van der Waals surface area contributed by atoms with E-state index in [0.717, 1.165) is 43.8 Å². The molecule has 4 fully saturated rings. The van der Waals surface area contributed by atoms with Gasteiger partial charge in [0.1, 0.15) is 0 Å². The Kier molecular flexibility index (Phi) is 8.49. The molecule has 4 aliphatic heterocycles. The topological polar surface area (TPSA) is 83.9 Å². The van der Waals surface area contributed by atoms with Crippen molar-refractivity contribution in [1.82, 2.24) is 25.3 Å². The molecule has 8 nitrogen and oxygen atoms in total. The summed E-state index contributed by atoms with van der Waals surface area (Å²) in [4.78, 5) is 20.6. The zero-order valence-corrected chi connectivity index (χ0v) is 24.9. The molecule has 1 saturated carbocycles. The summed E-state index contributed by atoms with van der Waals surface area (Å²) < 4.78 is 6.72. The summed E-state index contributed by atoms with van der Waals surface area (Å²) in [6, 6.07) is 9.29. The van der Waals surface area contributed by atoms with Gasteiger partial charge in [-0.2, -0.15) is 5.26 Å². The SMILES string of the molecule is C=CC(=O)N1CCN(C2NC(OCC3CCCN3C)NC3C[C@]4(CCC32)Cc2ccc(Cl)cc2S4)CC1CC#N. The summed E-state index contributed by atoms with van der Waals surface area (Å²) in [5.74, 6) is 0.326. The first-order chi connectivity index (χ1) is 19.4. The minimum Gasteiger partial charge on any atom is -0.348 e. The summed E-state index contributed by atoms with van der Waals surface area (Å²) in [7, 11) is 2.19. The molecule has 7 atom stereocenters. The lowest BCUT2D eigenvalue weighted by Crippen LogP contribution is -2.72. The number of ether oxygens (including phenoxy) is 1. The van der Waals surface area contributed by atoms with E-state index in [1.807, 2.05) is 22.7 Å². The van der Waals surface area contributed by atoms with Crippen molar-refractivity contribution in [1.29, 1.82) is 5.26 Å². The first-order valence-corrected chi connectivity index (χ1v) is 15.9. The standard InChI is InChI=1S/C30H41ClN6O2S/c1-3-27(38)37-14-13-36(18-22(37)9-11-32)28-24-8-10-30(16-20-6-7-21(31)15-26(20)40-30)17-25(24)33-29(34-28)39-19-23-5-4-12-35(23)2/h3,6-7,15,22-25,28-29,33-34H,1,4-5,8-10,12-14,16-19H2,2H3/t22?,23?,24?,25?,28?,29?,30-/m0/s1. The van der Waals surface area contributed by atoms with E-state index >= 15 is 0 Å². The predicted octanol–water partition coefficient (Wildman–Crippen LogP) is 3.42. The number of carbonyl (C=O) groups excluding carboxylic acids is 1. The van der Waals surface area contributed by atoms with Crippen molar-refractivity contribution in [2.24, 2.45) is 5.92 Å². The number of likely N-dealkylation sites (N-methyl/N-ethyl adjacent to an activating group) is 1. The second kappa shape index (κ2) is 11.9. The Bertz CT molecular complexity index is 1160. The molecule has 1 amide bonds.